The van der Waals surface area contributed by atoms with Gasteiger partial charge in [0.1, 0.15) is 11.7 Å². The van der Waals surface area contributed by atoms with Gasteiger partial charge < -0.3 is 9.80 Å². The van der Waals surface area contributed by atoms with Crippen LogP contribution in [0.3, 0.4) is 0 Å². The molecule has 0 N–H and O–H groups in total. The number of hydrogen-bond donors (Lipinski definition) is 0. The summed E-state index contributed by atoms with van der Waals surface area (Å²) in [6.07, 6.45) is 49.2. The van der Waals surface area contributed by atoms with Crippen LogP contribution in [0, 0.1) is 5.92 Å². The lowest BCUT2D eigenvalue weighted by molar-refractivity contribution is 0.508. The van der Waals surface area contributed by atoms with Crippen LogP contribution in [-0.4, -0.2) is 5.25 Å². The lowest BCUT2D eigenvalue weighted by Gasteiger charge is -2.37. The summed E-state index contributed by atoms with van der Waals surface area (Å²) in [7, 11) is 0. The summed E-state index contributed by atoms with van der Waals surface area (Å²) in [5.41, 5.74) is 18.7. The third-order valence-corrected chi connectivity index (χ3v) is 19.7. The van der Waals surface area contributed by atoms with Crippen LogP contribution in [0.4, 0.5) is 25.8 Å². The molecule has 0 spiro atoms. The minimum atomic E-state index is -0.408. The van der Waals surface area contributed by atoms with Crippen molar-refractivity contribution in [3.8, 4) is 0 Å². The van der Waals surface area contributed by atoms with Gasteiger partial charge in [-0.25, -0.2) is 8.78 Å². The fraction of sp³-hybridized carbons (Fsp3) is 0.211. The zero-order chi connectivity index (χ0) is 54.0. The maximum Gasteiger partial charge on any atom is 0.132 e. The topological polar surface area (TPSA) is 6.48 Å². The Hall–Kier alpha value is -7.99. The van der Waals surface area contributed by atoms with Crippen molar-refractivity contribution in [3.05, 3.63) is 289 Å². The highest BCUT2D eigenvalue weighted by Crippen LogP contribution is 2.54. The van der Waals surface area contributed by atoms with Gasteiger partial charge in [0.15, 0.2) is 0 Å². The van der Waals surface area contributed by atoms with E-state index in [9.17, 15) is 0 Å². The summed E-state index contributed by atoms with van der Waals surface area (Å²) in [5, 5.41) is 5.10. The summed E-state index contributed by atoms with van der Waals surface area (Å²) in [6.45, 7) is 0. The Morgan fingerprint density at radius 3 is 1.89 bits per heavy atom. The molecule has 3 unspecified atom stereocenters. The van der Waals surface area contributed by atoms with Gasteiger partial charge in [0.2, 0.25) is 0 Å². The molecule has 398 valence electrons. The van der Waals surface area contributed by atoms with Crippen LogP contribution in [0.15, 0.2) is 245 Å². The SMILES string of the molecule is FC1=C(N(C2=CC=C3c4c(c5ccc(N(C6=C(F)C(c7ccccc7)CC([C@H]7C=CC=CC7)=C6)c6cccc7c6CCC=C7)cc5c5c4=CCCC=5)SC3C2)c2cccc3c2CCC=C3)C=C(C2=CCCC=C2)CC1c1ccccc1. The highest BCUT2D eigenvalue weighted by atomic mass is 32.2. The maximum absolute atomic E-state index is 18.2. The number of thioether (sulfide) groups is 1. The lowest BCUT2D eigenvalue weighted by Crippen LogP contribution is -2.32. The van der Waals surface area contributed by atoms with Crippen molar-refractivity contribution in [1.29, 1.82) is 0 Å². The molecule has 0 aromatic heterocycles. The van der Waals surface area contributed by atoms with Gasteiger partial charge in [-0.2, -0.15) is 0 Å². The van der Waals surface area contributed by atoms with Crippen LogP contribution in [-0.2, 0) is 12.8 Å². The van der Waals surface area contributed by atoms with Gasteiger partial charge in [0.25, 0.3) is 0 Å². The van der Waals surface area contributed by atoms with Crippen LogP contribution in [0.1, 0.15) is 115 Å². The molecule has 6 aromatic carbocycles. The standard InChI is InChI=1S/C76H64F2N2S/c77-74-65(53-25-9-3-10-26-53)43-55(49-21-5-1-6-22-49)45-70(74)79(68-37-19-31-51-29-13-15-33-59(51)68)57-39-41-63-67(47-57)61-35-17-18-36-62(61)73-64-42-40-58(48-72(64)81-76(63)73)80(69-38-20-32-52-30-14-16-34-60(52)69)71-46-56(50-23-7-2-8-24-50)44-66(75(71)78)54-27-11-4-12-28-54/h1,3-7,9-14,19-21,23-32,35-42,45-47,49,65-66,72H,2,8,15-18,22,33-34,43-44,48H2/t49-,65?,66?,72?/m0/s1. The summed E-state index contributed by atoms with van der Waals surface area (Å²) in [6, 6.07) is 40.7. The molecule has 0 saturated carbocycles. The Bertz CT molecular complexity index is 4130. The zero-order valence-electron chi connectivity index (χ0n) is 45.6. The highest BCUT2D eigenvalue weighted by Gasteiger charge is 2.39. The van der Waals surface area contributed by atoms with Gasteiger partial charge >= 0.3 is 0 Å². The molecule has 9 aliphatic rings. The van der Waals surface area contributed by atoms with Crippen molar-refractivity contribution in [2.45, 2.75) is 99.0 Å². The Labute approximate surface area is 479 Å². The Balaban J connectivity index is 0.883. The number of allylic oxidation sites excluding steroid dienone is 19. The van der Waals surface area contributed by atoms with Crippen molar-refractivity contribution in [2.24, 2.45) is 5.92 Å². The maximum atomic E-state index is 18.2. The number of hydrogen-bond acceptors (Lipinski definition) is 3. The van der Waals surface area contributed by atoms with Crippen LogP contribution in [0.5, 0.6) is 0 Å². The highest BCUT2D eigenvalue weighted by molar-refractivity contribution is 8.01. The van der Waals surface area contributed by atoms with E-state index >= 15 is 8.78 Å². The molecule has 2 nitrogen and oxygen atoms in total. The van der Waals surface area contributed by atoms with Crippen LogP contribution >= 0.6 is 11.8 Å². The number of nitrogens with zero attached hydrogens (tertiary/aromatic N) is 2. The molecule has 8 aliphatic carbocycles. The van der Waals surface area contributed by atoms with E-state index in [0.29, 0.717) is 24.2 Å². The number of benzene rings is 6. The third kappa shape index (κ3) is 8.91. The molecule has 4 atom stereocenters. The summed E-state index contributed by atoms with van der Waals surface area (Å²) >= 11 is 1.97. The van der Waals surface area contributed by atoms with Crippen molar-refractivity contribution < 1.29 is 8.78 Å². The normalized spacial score (nSPS) is 22.3. The molecule has 0 bridgehead atoms. The average molecular weight is 1080 g/mol. The van der Waals surface area contributed by atoms with Gasteiger partial charge in [-0.1, -0.05) is 182 Å². The van der Waals surface area contributed by atoms with Crippen LogP contribution in [0.25, 0.3) is 40.6 Å². The first-order chi connectivity index (χ1) is 40.0. The average Bonchev–Trinajstić information content (AvgIpc) is 4.15. The Kier molecular flexibility index (Phi) is 13.1. The fourth-order valence-electron chi connectivity index (χ4n) is 14.4. The van der Waals surface area contributed by atoms with Gasteiger partial charge in [-0.3, -0.25) is 0 Å². The van der Waals surface area contributed by atoms with Crippen molar-refractivity contribution in [2.75, 3.05) is 9.80 Å². The summed E-state index contributed by atoms with van der Waals surface area (Å²) in [4.78, 5) is 5.89. The zero-order valence-corrected chi connectivity index (χ0v) is 46.5. The Morgan fingerprint density at radius 2 is 1.20 bits per heavy atom. The molecular weight excluding hydrogens is 1010 g/mol. The molecule has 6 aromatic rings. The first-order valence-corrected chi connectivity index (χ1v) is 30.5. The molecule has 15 rings (SSSR count). The van der Waals surface area contributed by atoms with Crippen LogP contribution in [0.2, 0.25) is 0 Å². The second-order valence-corrected chi connectivity index (χ2v) is 24.3. The smallest absolute Gasteiger partial charge is 0.132 e. The van der Waals surface area contributed by atoms with Crippen molar-refractivity contribution in [3.63, 3.8) is 0 Å². The van der Waals surface area contributed by atoms with E-state index in [1.807, 2.05) is 48.2 Å². The minimum Gasteiger partial charge on any atom is -0.311 e. The molecule has 0 radical (unpaired) electrons. The quantitative estimate of drug-likeness (QED) is 0.135. The van der Waals surface area contributed by atoms with E-state index in [2.05, 4.69) is 192 Å². The molecule has 5 heteroatoms. The minimum absolute atomic E-state index is 0.0796. The monoisotopic (exact) mass is 1070 g/mol. The van der Waals surface area contributed by atoms with Gasteiger partial charge in [-0.05, 0) is 184 Å². The van der Waals surface area contributed by atoms with E-state index in [4.69, 9.17) is 0 Å². The van der Waals surface area contributed by atoms with Crippen LogP contribution < -0.4 is 20.2 Å². The molecule has 1 heterocycles. The lowest BCUT2D eigenvalue weighted by atomic mass is 9.79. The van der Waals surface area contributed by atoms with Gasteiger partial charge in [0.05, 0.1) is 17.1 Å². The Morgan fingerprint density at radius 1 is 0.531 bits per heavy atom. The van der Waals surface area contributed by atoms with Crippen molar-refractivity contribution in [1.82, 2.24) is 0 Å². The fourth-order valence-corrected chi connectivity index (χ4v) is 15.9. The summed E-state index contributed by atoms with van der Waals surface area (Å²) < 4.78 is 36.4. The molecule has 0 fully saturated rings. The first kappa shape index (κ1) is 50.0. The number of rotatable bonds is 10. The van der Waals surface area contributed by atoms with E-state index in [1.54, 1.807) is 0 Å². The molecule has 1 aliphatic heterocycles. The third-order valence-electron chi connectivity index (χ3n) is 18.4. The first-order valence-electron chi connectivity index (χ1n) is 29.6. The molecule has 0 amide bonds. The largest absolute Gasteiger partial charge is 0.311 e. The second kappa shape index (κ2) is 21.2. The predicted octanol–water partition coefficient (Wildman–Crippen LogP) is 18.9. The van der Waals surface area contributed by atoms with Gasteiger partial charge in [0, 0.05) is 57.0 Å². The number of anilines is 3. The number of halogens is 2. The molecular formula is C76H64F2N2S. The van der Waals surface area contributed by atoms with E-state index in [1.165, 1.54) is 76.2 Å². The number of fused-ring (bicyclic) bond motifs is 10. The van der Waals surface area contributed by atoms with Crippen molar-refractivity contribution >= 4 is 69.5 Å². The van der Waals surface area contributed by atoms with E-state index < -0.39 is 11.8 Å². The second-order valence-electron chi connectivity index (χ2n) is 23.1. The molecule has 0 saturated heterocycles. The summed E-state index contributed by atoms with van der Waals surface area (Å²) in [5.74, 6) is -0.795. The van der Waals surface area contributed by atoms with Gasteiger partial charge in [-0.15, -0.1) is 11.8 Å². The van der Waals surface area contributed by atoms with E-state index in [0.717, 1.165) is 98.1 Å². The van der Waals surface area contributed by atoms with E-state index in [-0.39, 0.29) is 22.8 Å². The molecule has 81 heavy (non-hydrogen) atoms. The predicted molar refractivity (Wildman–Crippen MR) is 337 cm³/mol.